The summed E-state index contributed by atoms with van der Waals surface area (Å²) in [6.45, 7) is 3.76. The highest BCUT2D eigenvalue weighted by atomic mass is 19.1. The maximum absolute atomic E-state index is 14.3. The number of benzene rings is 2. The maximum atomic E-state index is 14.3. The molecule has 30 heavy (non-hydrogen) atoms. The van der Waals surface area contributed by atoms with Crippen LogP contribution in [-0.2, 0) is 12.0 Å². The van der Waals surface area contributed by atoms with E-state index in [1.54, 1.807) is 27.4 Å². The van der Waals surface area contributed by atoms with Gasteiger partial charge in [-0.15, -0.1) is 0 Å². The van der Waals surface area contributed by atoms with Gasteiger partial charge in [0.15, 0.2) is 17.5 Å². The van der Waals surface area contributed by atoms with Crippen molar-refractivity contribution in [3.63, 3.8) is 0 Å². The number of halogens is 1. The highest BCUT2D eigenvalue weighted by molar-refractivity contribution is 5.80. The van der Waals surface area contributed by atoms with E-state index in [0.717, 1.165) is 30.5 Å². The molecule has 1 fully saturated rings. The van der Waals surface area contributed by atoms with Gasteiger partial charge in [-0.3, -0.25) is 0 Å². The van der Waals surface area contributed by atoms with Crippen molar-refractivity contribution in [1.29, 1.82) is 0 Å². The van der Waals surface area contributed by atoms with Crippen molar-refractivity contribution in [3.8, 4) is 17.2 Å². The monoisotopic (exact) mass is 415 g/mol. The molecule has 0 spiro atoms. The van der Waals surface area contributed by atoms with Crippen LogP contribution in [0, 0.1) is 5.82 Å². The summed E-state index contributed by atoms with van der Waals surface area (Å²) in [5.41, 5.74) is 1.49. The molecule has 0 atom stereocenters. The molecule has 0 aromatic heterocycles. The standard InChI is InChI=1S/C23H30FN3O3/c1-5-25-22(27-15-23(12-13-23)17-8-6-7-9-18(17)24)26-14-16-10-11-19(28-2)21(30-4)20(16)29-3/h6-11H,5,12-15H2,1-4H3,(H2,25,26,27). The number of guanidine groups is 1. The lowest BCUT2D eigenvalue weighted by molar-refractivity contribution is 0.322. The fourth-order valence-corrected chi connectivity index (χ4v) is 3.63. The fourth-order valence-electron chi connectivity index (χ4n) is 3.63. The molecule has 0 aliphatic heterocycles. The molecule has 3 rings (SSSR count). The van der Waals surface area contributed by atoms with E-state index in [9.17, 15) is 4.39 Å². The zero-order valence-corrected chi connectivity index (χ0v) is 18.0. The van der Waals surface area contributed by atoms with Gasteiger partial charge in [0, 0.05) is 24.1 Å². The van der Waals surface area contributed by atoms with Crippen LogP contribution in [0.25, 0.3) is 0 Å². The van der Waals surface area contributed by atoms with E-state index < -0.39 is 0 Å². The number of hydrogen-bond donors (Lipinski definition) is 2. The Hall–Kier alpha value is -2.96. The van der Waals surface area contributed by atoms with Gasteiger partial charge in [-0.1, -0.05) is 18.2 Å². The van der Waals surface area contributed by atoms with Gasteiger partial charge in [0.2, 0.25) is 5.75 Å². The quantitative estimate of drug-likeness (QED) is 0.484. The van der Waals surface area contributed by atoms with E-state index in [2.05, 4.69) is 10.6 Å². The van der Waals surface area contributed by atoms with Crippen molar-refractivity contribution in [2.45, 2.75) is 31.7 Å². The zero-order valence-electron chi connectivity index (χ0n) is 18.0. The van der Waals surface area contributed by atoms with Gasteiger partial charge in [-0.2, -0.15) is 0 Å². The normalized spacial score (nSPS) is 14.8. The van der Waals surface area contributed by atoms with Gasteiger partial charge >= 0.3 is 0 Å². The third-order valence-electron chi connectivity index (χ3n) is 5.43. The Morgan fingerprint density at radius 3 is 2.33 bits per heavy atom. The van der Waals surface area contributed by atoms with Crippen molar-refractivity contribution in [3.05, 3.63) is 53.3 Å². The van der Waals surface area contributed by atoms with Gasteiger partial charge in [-0.05, 0) is 43.5 Å². The van der Waals surface area contributed by atoms with Crippen LogP contribution in [0.1, 0.15) is 30.9 Å². The van der Waals surface area contributed by atoms with Crippen LogP contribution < -0.4 is 24.8 Å². The van der Waals surface area contributed by atoms with Crippen LogP contribution in [0.4, 0.5) is 4.39 Å². The second-order valence-electron chi connectivity index (χ2n) is 7.30. The van der Waals surface area contributed by atoms with E-state index in [1.165, 1.54) is 6.07 Å². The number of ether oxygens (including phenoxy) is 3. The van der Waals surface area contributed by atoms with Crippen molar-refractivity contribution in [2.75, 3.05) is 34.4 Å². The minimum absolute atomic E-state index is 0.145. The van der Waals surface area contributed by atoms with E-state index in [1.807, 2.05) is 31.2 Å². The zero-order chi connectivity index (χ0) is 21.6. The molecule has 0 radical (unpaired) electrons. The number of nitrogens with one attached hydrogen (secondary N) is 2. The summed E-state index contributed by atoms with van der Waals surface area (Å²) in [5.74, 6) is 2.28. The van der Waals surface area contributed by atoms with Crippen LogP contribution in [-0.4, -0.2) is 40.4 Å². The molecule has 0 unspecified atom stereocenters. The number of aliphatic imine (C=N–C) groups is 1. The average molecular weight is 416 g/mol. The molecule has 1 aliphatic carbocycles. The summed E-state index contributed by atoms with van der Waals surface area (Å²) in [6, 6.07) is 10.8. The van der Waals surface area contributed by atoms with E-state index >= 15 is 0 Å². The first kappa shape index (κ1) is 21.7. The minimum Gasteiger partial charge on any atom is -0.493 e. The summed E-state index contributed by atoms with van der Waals surface area (Å²) >= 11 is 0. The first-order valence-electron chi connectivity index (χ1n) is 10.1. The first-order chi connectivity index (χ1) is 14.6. The molecule has 0 bridgehead atoms. The van der Waals surface area contributed by atoms with Crippen LogP contribution in [0.15, 0.2) is 41.4 Å². The molecule has 0 saturated heterocycles. The molecule has 0 amide bonds. The van der Waals surface area contributed by atoms with Gasteiger partial charge in [-0.25, -0.2) is 9.38 Å². The maximum Gasteiger partial charge on any atom is 0.203 e. The van der Waals surface area contributed by atoms with E-state index in [0.29, 0.717) is 36.3 Å². The van der Waals surface area contributed by atoms with Crippen molar-refractivity contribution < 1.29 is 18.6 Å². The molecule has 162 valence electrons. The predicted molar refractivity (Wildman–Crippen MR) is 116 cm³/mol. The third kappa shape index (κ3) is 4.61. The van der Waals surface area contributed by atoms with Gasteiger partial charge in [0.1, 0.15) is 5.82 Å². The number of hydrogen-bond acceptors (Lipinski definition) is 4. The largest absolute Gasteiger partial charge is 0.493 e. The summed E-state index contributed by atoms with van der Waals surface area (Å²) in [4.78, 5) is 4.69. The Kier molecular flexibility index (Phi) is 7.03. The van der Waals surface area contributed by atoms with Crippen LogP contribution in [0.2, 0.25) is 0 Å². The molecule has 0 heterocycles. The topological polar surface area (TPSA) is 64.1 Å². The van der Waals surface area contributed by atoms with Crippen LogP contribution >= 0.6 is 0 Å². The molecule has 2 N–H and O–H groups in total. The Bertz CT molecular complexity index is 897. The summed E-state index contributed by atoms with van der Waals surface area (Å²) < 4.78 is 30.6. The smallest absolute Gasteiger partial charge is 0.203 e. The number of nitrogens with zero attached hydrogens (tertiary/aromatic N) is 1. The Morgan fingerprint density at radius 1 is 1.00 bits per heavy atom. The van der Waals surface area contributed by atoms with Crippen molar-refractivity contribution >= 4 is 5.96 Å². The summed E-state index contributed by atoms with van der Waals surface area (Å²) in [5, 5.41) is 6.64. The summed E-state index contributed by atoms with van der Waals surface area (Å²) in [6.07, 6.45) is 1.92. The van der Waals surface area contributed by atoms with E-state index in [-0.39, 0.29) is 11.2 Å². The van der Waals surface area contributed by atoms with E-state index in [4.69, 9.17) is 19.2 Å². The highest BCUT2D eigenvalue weighted by Gasteiger charge is 2.45. The average Bonchev–Trinajstić information content (AvgIpc) is 3.56. The molecule has 1 aliphatic rings. The highest BCUT2D eigenvalue weighted by Crippen LogP contribution is 2.48. The lowest BCUT2D eigenvalue weighted by Gasteiger charge is -2.20. The second kappa shape index (κ2) is 9.69. The number of rotatable bonds is 9. The SMILES string of the molecule is CCNC(=NCc1ccc(OC)c(OC)c1OC)NCC1(c2ccccc2F)CC1. The second-order valence-corrected chi connectivity index (χ2v) is 7.30. The fraction of sp³-hybridized carbons (Fsp3) is 0.435. The number of methoxy groups -OCH3 is 3. The molecule has 1 saturated carbocycles. The molecule has 2 aromatic carbocycles. The van der Waals surface area contributed by atoms with Gasteiger partial charge < -0.3 is 24.8 Å². The third-order valence-corrected chi connectivity index (χ3v) is 5.43. The van der Waals surface area contributed by atoms with Gasteiger partial charge in [0.05, 0.1) is 27.9 Å². The lowest BCUT2D eigenvalue weighted by Crippen LogP contribution is -2.41. The Labute approximate surface area is 177 Å². The van der Waals surface area contributed by atoms with Crippen molar-refractivity contribution in [2.24, 2.45) is 4.99 Å². The molecule has 7 heteroatoms. The van der Waals surface area contributed by atoms with Gasteiger partial charge in [0.25, 0.3) is 0 Å². The molecule has 6 nitrogen and oxygen atoms in total. The molecular weight excluding hydrogens is 385 g/mol. The van der Waals surface area contributed by atoms with Crippen LogP contribution in [0.3, 0.4) is 0 Å². The van der Waals surface area contributed by atoms with Crippen molar-refractivity contribution in [1.82, 2.24) is 10.6 Å². The molecular formula is C23H30FN3O3. The predicted octanol–water partition coefficient (Wildman–Crippen LogP) is 3.64. The minimum atomic E-state index is -0.164. The van der Waals surface area contributed by atoms with Crippen LogP contribution in [0.5, 0.6) is 17.2 Å². The lowest BCUT2D eigenvalue weighted by atomic mass is 9.95. The Balaban J connectivity index is 1.75. The summed E-state index contributed by atoms with van der Waals surface area (Å²) in [7, 11) is 4.77. The first-order valence-corrected chi connectivity index (χ1v) is 10.1. The Morgan fingerprint density at radius 2 is 1.73 bits per heavy atom. The molecule has 2 aromatic rings.